The van der Waals surface area contributed by atoms with Gasteiger partial charge in [0, 0.05) is 26.7 Å². The Hall–Kier alpha value is -2.40. The summed E-state index contributed by atoms with van der Waals surface area (Å²) in [5, 5.41) is 4.39. The molecule has 172 valence electrons. The maximum atomic E-state index is 13.4. The van der Waals surface area contributed by atoms with Crippen molar-refractivity contribution in [3.05, 3.63) is 65.5 Å². The fourth-order valence-corrected chi connectivity index (χ4v) is 5.53. The minimum atomic E-state index is 0.0745. The number of aromatic nitrogens is 2. The second-order valence-electron chi connectivity index (χ2n) is 9.76. The second-order valence-corrected chi connectivity index (χ2v) is 9.76. The summed E-state index contributed by atoms with van der Waals surface area (Å²) >= 11 is 0. The first kappa shape index (κ1) is 22.8. The Morgan fingerprint density at radius 2 is 1.91 bits per heavy atom. The number of amides is 1. The van der Waals surface area contributed by atoms with E-state index in [9.17, 15) is 4.79 Å². The Kier molecular flexibility index (Phi) is 7.46. The van der Waals surface area contributed by atoms with Crippen molar-refractivity contribution in [1.82, 2.24) is 19.6 Å². The fraction of sp³-hybridized carbons (Fsp3) is 0.556. The van der Waals surface area contributed by atoms with Crippen molar-refractivity contribution in [1.29, 1.82) is 0 Å². The van der Waals surface area contributed by atoms with Crippen LogP contribution in [0.25, 0.3) is 0 Å². The van der Waals surface area contributed by atoms with Crippen molar-refractivity contribution >= 4 is 5.91 Å². The molecule has 1 aliphatic heterocycles. The zero-order chi connectivity index (χ0) is 22.5. The maximum absolute atomic E-state index is 13.4. The van der Waals surface area contributed by atoms with Crippen LogP contribution < -0.4 is 0 Å². The van der Waals surface area contributed by atoms with Gasteiger partial charge in [-0.2, -0.15) is 5.10 Å². The lowest BCUT2D eigenvalue weighted by Gasteiger charge is -2.41. The first-order valence-corrected chi connectivity index (χ1v) is 12.2. The Balaban J connectivity index is 1.45. The highest BCUT2D eigenvalue weighted by Gasteiger charge is 2.33. The molecule has 2 atom stereocenters. The van der Waals surface area contributed by atoms with Gasteiger partial charge < -0.3 is 9.80 Å². The molecule has 0 bridgehead atoms. The lowest BCUT2D eigenvalue weighted by molar-refractivity contribution is 0.0566. The standard InChI is InChI=1S/C27H38N4O/c1-21-18-26(30(3)28-21)27(32)29(2)25(19-22-10-6-4-7-11-22)24-14-16-31(17-15-24)20-23-12-8-5-9-13-23/h4-8,10-11,18,23-25H,9,12-17,19-20H2,1-3H3/t23-,25-/m0/s1. The Labute approximate surface area is 193 Å². The molecule has 0 radical (unpaired) electrons. The van der Waals surface area contributed by atoms with E-state index in [2.05, 4.69) is 52.5 Å². The molecule has 0 N–H and O–H groups in total. The molecule has 5 heteroatoms. The van der Waals surface area contributed by atoms with Crippen molar-refractivity contribution in [2.45, 2.75) is 51.5 Å². The lowest BCUT2D eigenvalue weighted by atomic mass is 9.84. The van der Waals surface area contributed by atoms with Crippen LogP contribution in [-0.4, -0.2) is 58.2 Å². The van der Waals surface area contributed by atoms with Gasteiger partial charge in [0.25, 0.3) is 5.91 Å². The van der Waals surface area contributed by atoms with Gasteiger partial charge in [-0.15, -0.1) is 0 Å². The SMILES string of the molecule is Cc1cc(C(=O)N(C)[C@@H](Cc2ccccc2)C2CCN(C[C@H]3CC=CCC3)CC2)n(C)n1. The van der Waals surface area contributed by atoms with E-state index in [1.54, 1.807) is 4.68 Å². The van der Waals surface area contributed by atoms with Crippen LogP contribution in [0.5, 0.6) is 0 Å². The summed E-state index contributed by atoms with van der Waals surface area (Å²) in [5.74, 6) is 1.40. The first-order valence-electron chi connectivity index (χ1n) is 12.2. The molecule has 0 saturated carbocycles. The van der Waals surface area contributed by atoms with Crippen LogP contribution in [0, 0.1) is 18.8 Å². The van der Waals surface area contributed by atoms with Crippen LogP contribution in [0.4, 0.5) is 0 Å². The molecule has 1 fully saturated rings. The summed E-state index contributed by atoms with van der Waals surface area (Å²) in [4.78, 5) is 18.1. The molecular weight excluding hydrogens is 396 g/mol. The van der Waals surface area contributed by atoms with Crippen LogP contribution in [0.3, 0.4) is 0 Å². The largest absolute Gasteiger partial charge is 0.337 e. The van der Waals surface area contributed by atoms with E-state index in [1.165, 1.54) is 31.4 Å². The van der Waals surface area contributed by atoms with Gasteiger partial charge in [0.15, 0.2) is 0 Å². The van der Waals surface area contributed by atoms with Gasteiger partial charge >= 0.3 is 0 Å². The van der Waals surface area contributed by atoms with Gasteiger partial charge in [0.1, 0.15) is 5.69 Å². The van der Waals surface area contributed by atoms with E-state index in [0.717, 1.165) is 44.0 Å². The monoisotopic (exact) mass is 434 g/mol. The topological polar surface area (TPSA) is 41.4 Å². The van der Waals surface area contributed by atoms with Gasteiger partial charge in [-0.1, -0.05) is 42.5 Å². The molecule has 2 aliphatic rings. The molecule has 1 amide bonds. The molecule has 1 aliphatic carbocycles. The predicted molar refractivity (Wildman–Crippen MR) is 130 cm³/mol. The zero-order valence-corrected chi connectivity index (χ0v) is 19.9. The number of carbonyl (C=O) groups is 1. The number of aryl methyl sites for hydroxylation is 2. The molecule has 0 unspecified atom stereocenters. The number of likely N-dealkylation sites (N-methyl/N-ethyl adjacent to an activating group) is 1. The summed E-state index contributed by atoms with van der Waals surface area (Å²) in [6, 6.07) is 12.7. The van der Waals surface area contributed by atoms with Gasteiger partial charge in [0.05, 0.1) is 5.69 Å². The van der Waals surface area contributed by atoms with E-state index < -0.39 is 0 Å². The number of carbonyl (C=O) groups excluding carboxylic acids is 1. The van der Waals surface area contributed by atoms with Gasteiger partial charge in [0.2, 0.25) is 0 Å². The third kappa shape index (κ3) is 5.50. The number of likely N-dealkylation sites (tertiary alicyclic amines) is 1. The highest BCUT2D eigenvalue weighted by molar-refractivity contribution is 5.92. The molecule has 5 nitrogen and oxygen atoms in total. The summed E-state index contributed by atoms with van der Waals surface area (Å²) < 4.78 is 1.72. The van der Waals surface area contributed by atoms with Crippen molar-refractivity contribution in [3.8, 4) is 0 Å². The van der Waals surface area contributed by atoms with Gasteiger partial charge in [-0.05, 0) is 82.0 Å². The highest BCUT2D eigenvalue weighted by atomic mass is 16.2. The third-order valence-electron chi connectivity index (χ3n) is 7.40. The molecule has 2 aromatic rings. The molecule has 0 spiro atoms. The molecule has 1 aromatic carbocycles. The van der Waals surface area contributed by atoms with Crippen molar-refractivity contribution < 1.29 is 4.79 Å². The predicted octanol–water partition coefficient (Wildman–Crippen LogP) is 4.48. The molecular formula is C27H38N4O. The summed E-state index contributed by atoms with van der Waals surface area (Å²) in [7, 11) is 3.85. The molecule has 32 heavy (non-hydrogen) atoms. The van der Waals surface area contributed by atoms with Crippen molar-refractivity contribution in [3.63, 3.8) is 0 Å². The Morgan fingerprint density at radius 1 is 1.16 bits per heavy atom. The summed E-state index contributed by atoms with van der Waals surface area (Å²) in [6.45, 7) is 5.45. The smallest absolute Gasteiger partial charge is 0.272 e. The number of allylic oxidation sites excluding steroid dienone is 2. The minimum Gasteiger partial charge on any atom is -0.337 e. The fourth-order valence-electron chi connectivity index (χ4n) is 5.53. The second kappa shape index (κ2) is 10.5. The first-order chi connectivity index (χ1) is 15.5. The zero-order valence-electron chi connectivity index (χ0n) is 19.9. The van der Waals surface area contributed by atoms with Crippen LogP contribution >= 0.6 is 0 Å². The summed E-state index contributed by atoms with van der Waals surface area (Å²) in [6.07, 6.45) is 11.7. The number of benzene rings is 1. The normalized spacial score (nSPS) is 20.9. The van der Waals surface area contributed by atoms with E-state index >= 15 is 0 Å². The number of piperidine rings is 1. The van der Waals surface area contributed by atoms with Crippen LogP contribution in [0.1, 0.15) is 53.8 Å². The highest BCUT2D eigenvalue weighted by Crippen LogP contribution is 2.29. The average molecular weight is 435 g/mol. The number of hydrogen-bond donors (Lipinski definition) is 0. The van der Waals surface area contributed by atoms with Crippen LogP contribution in [-0.2, 0) is 13.5 Å². The molecule has 1 aromatic heterocycles. The van der Waals surface area contributed by atoms with E-state index in [4.69, 9.17) is 0 Å². The van der Waals surface area contributed by atoms with Crippen molar-refractivity contribution in [2.24, 2.45) is 18.9 Å². The van der Waals surface area contributed by atoms with E-state index in [-0.39, 0.29) is 11.9 Å². The summed E-state index contributed by atoms with van der Waals surface area (Å²) in [5.41, 5.74) is 2.86. The minimum absolute atomic E-state index is 0.0745. The Morgan fingerprint density at radius 3 is 2.53 bits per heavy atom. The van der Waals surface area contributed by atoms with Crippen LogP contribution in [0.15, 0.2) is 48.6 Å². The van der Waals surface area contributed by atoms with Crippen molar-refractivity contribution in [2.75, 3.05) is 26.7 Å². The molecule has 1 saturated heterocycles. The lowest BCUT2D eigenvalue weighted by Crippen LogP contribution is -2.48. The van der Waals surface area contributed by atoms with E-state index in [0.29, 0.717) is 11.6 Å². The quantitative estimate of drug-likeness (QED) is 0.604. The van der Waals surface area contributed by atoms with E-state index in [1.807, 2.05) is 32.0 Å². The molecule has 2 heterocycles. The molecule has 4 rings (SSSR count). The average Bonchev–Trinajstić information content (AvgIpc) is 3.16. The van der Waals surface area contributed by atoms with Gasteiger partial charge in [-0.25, -0.2) is 0 Å². The van der Waals surface area contributed by atoms with Crippen LogP contribution in [0.2, 0.25) is 0 Å². The maximum Gasteiger partial charge on any atom is 0.272 e. The number of rotatable bonds is 7. The Bertz CT molecular complexity index is 911. The third-order valence-corrected chi connectivity index (χ3v) is 7.40. The number of hydrogen-bond acceptors (Lipinski definition) is 3. The number of nitrogens with zero attached hydrogens (tertiary/aromatic N) is 4. The van der Waals surface area contributed by atoms with Gasteiger partial charge in [-0.3, -0.25) is 9.48 Å².